The summed E-state index contributed by atoms with van der Waals surface area (Å²) < 4.78 is 0. The van der Waals surface area contributed by atoms with E-state index < -0.39 is 0 Å². The van der Waals surface area contributed by atoms with Crippen LogP contribution in [-0.2, 0) is 4.79 Å². The first kappa shape index (κ1) is 13.1. The smallest absolute Gasteiger partial charge is 0.234 e. The van der Waals surface area contributed by atoms with E-state index >= 15 is 0 Å². The minimum atomic E-state index is 0.0883. The summed E-state index contributed by atoms with van der Waals surface area (Å²) in [5.74, 6) is 1.67. The van der Waals surface area contributed by atoms with Crippen molar-refractivity contribution in [1.29, 1.82) is 0 Å². The third kappa shape index (κ3) is 4.27. The minimum absolute atomic E-state index is 0.0883. The molecule has 0 aliphatic rings. The van der Waals surface area contributed by atoms with Crippen LogP contribution in [0.25, 0.3) is 0 Å². The van der Waals surface area contributed by atoms with Gasteiger partial charge in [0.25, 0.3) is 0 Å². The fraction of sp³-hybridized carbons (Fsp3) is 0.462. The van der Waals surface area contributed by atoms with Gasteiger partial charge in [0.05, 0.1) is 5.75 Å². The Balaban J connectivity index is 2.49. The molecule has 1 rings (SSSR count). The fourth-order valence-corrected chi connectivity index (χ4v) is 2.14. The number of rotatable bonds is 5. The zero-order valence-electron chi connectivity index (χ0n) is 10.2. The SMILES string of the molecule is CCCSCC(=O)Nc1ccc(C)cc1C. The fourth-order valence-electron chi connectivity index (χ4n) is 1.45. The number of anilines is 1. The molecule has 0 spiro atoms. The summed E-state index contributed by atoms with van der Waals surface area (Å²) in [6.45, 7) is 6.19. The molecule has 0 aliphatic heterocycles. The first-order valence-electron chi connectivity index (χ1n) is 5.58. The van der Waals surface area contributed by atoms with Crippen molar-refractivity contribution in [3.05, 3.63) is 29.3 Å². The van der Waals surface area contributed by atoms with Crippen LogP contribution in [0.4, 0.5) is 5.69 Å². The van der Waals surface area contributed by atoms with Crippen molar-refractivity contribution in [2.75, 3.05) is 16.8 Å². The number of amides is 1. The lowest BCUT2D eigenvalue weighted by Gasteiger charge is -2.08. The molecule has 0 heterocycles. The van der Waals surface area contributed by atoms with Crippen molar-refractivity contribution >= 4 is 23.4 Å². The van der Waals surface area contributed by atoms with E-state index in [-0.39, 0.29) is 5.91 Å². The van der Waals surface area contributed by atoms with E-state index in [0.29, 0.717) is 5.75 Å². The van der Waals surface area contributed by atoms with Crippen LogP contribution in [0.15, 0.2) is 18.2 Å². The molecule has 2 nitrogen and oxygen atoms in total. The number of thioether (sulfide) groups is 1. The minimum Gasteiger partial charge on any atom is -0.325 e. The summed E-state index contributed by atoms with van der Waals surface area (Å²) in [5, 5.41) is 2.94. The molecule has 0 saturated carbocycles. The Morgan fingerprint density at radius 1 is 1.38 bits per heavy atom. The zero-order chi connectivity index (χ0) is 12.0. The Bertz CT molecular complexity index is 363. The summed E-state index contributed by atoms with van der Waals surface area (Å²) in [6, 6.07) is 6.06. The maximum absolute atomic E-state index is 11.6. The molecule has 88 valence electrons. The first-order chi connectivity index (χ1) is 7.63. The Labute approximate surface area is 102 Å². The van der Waals surface area contributed by atoms with Crippen molar-refractivity contribution in [1.82, 2.24) is 0 Å². The molecule has 0 fully saturated rings. The molecule has 0 bridgehead atoms. The van der Waals surface area contributed by atoms with E-state index in [4.69, 9.17) is 0 Å². The highest BCUT2D eigenvalue weighted by Gasteiger charge is 2.04. The van der Waals surface area contributed by atoms with E-state index in [1.807, 2.05) is 19.1 Å². The van der Waals surface area contributed by atoms with Crippen LogP contribution in [0.3, 0.4) is 0 Å². The monoisotopic (exact) mass is 237 g/mol. The largest absolute Gasteiger partial charge is 0.325 e. The predicted octanol–water partition coefficient (Wildman–Crippen LogP) is 3.39. The van der Waals surface area contributed by atoms with Gasteiger partial charge in [0, 0.05) is 5.69 Å². The molecule has 1 N–H and O–H groups in total. The quantitative estimate of drug-likeness (QED) is 0.795. The van der Waals surface area contributed by atoms with Gasteiger partial charge in [-0.05, 0) is 37.7 Å². The van der Waals surface area contributed by atoms with Crippen molar-refractivity contribution in [2.45, 2.75) is 27.2 Å². The Hall–Kier alpha value is -0.960. The molecule has 0 aromatic heterocycles. The van der Waals surface area contributed by atoms with Crippen LogP contribution in [0.2, 0.25) is 0 Å². The van der Waals surface area contributed by atoms with Crippen LogP contribution in [0, 0.1) is 13.8 Å². The number of aryl methyl sites for hydroxylation is 2. The number of nitrogens with one attached hydrogen (secondary N) is 1. The van der Waals surface area contributed by atoms with Crippen molar-refractivity contribution in [2.24, 2.45) is 0 Å². The Morgan fingerprint density at radius 2 is 2.12 bits per heavy atom. The standard InChI is InChI=1S/C13H19NOS/c1-4-7-16-9-13(15)14-12-6-5-10(2)8-11(12)3/h5-6,8H,4,7,9H2,1-3H3,(H,14,15). The van der Waals surface area contributed by atoms with E-state index in [1.54, 1.807) is 11.8 Å². The lowest BCUT2D eigenvalue weighted by molar-refractivity contribution is -0.113. The predicted molar refractivity (Wildman–Crippen MR) is 72.2 cm³/mol. The van der Waals surface area contributed by atoms with Crippen LogP contribution in [0.1, 0.15) is 24.5 Å². The normalized spacial score (nSPS) is 10.2. The number of hydrogen-bond donors (Lipinski definition) is 1. The van der Waals surface area contributed by atoms with Gasteiger partial charge in [0.2, 0.25) is 5.91 Å². The third-order valence-electron chi connectivity index (χ3n) is 2.24. The average Bonchev–Trinajstić information content (AvgIpc) is 2.23. The number of benzene rings is 1. The van der Waals surface area contributed by atoms with Gasteiger partial charge in [0.1, 0.15) is 0 Å². The molecule has 3 heteroatoms. The second kappa shape index (κ2) is 6.59. The lowest BCUT2D eigenvalue weighted by Crippen LogP contribution is -2.15. The van der Waals surface area contributed by atoms with Crippen molar-refractivity contribution < 1.29 is 4.79 Å². The van der Waals surface area contributed by atoms with Crippen LogP contribution in [-0.4, -0.2) is 17.4 Å². The molecular weight excluding hydrogens is 218 g/mol. The van der Waals surface area contributed by atoms with Gasteiger partial charge in [0.15, 0.2) is 0 Å². The van der Waals surface area contributed by atoms with E-state index in [0.717, 1.165) is 23.4 Å². The molecule has 1 amide bonds. The van der Waals surface area contributed by atoms with Gasteiger partial charge < -0.3 is 5.32 Å². The summed E-state index contributed by atoms with van der Waals surface area (Å²) in [7, 11) is 0. The summed E-state index contributed by atoms with van der Waals surface area (Å²) in [4.78, 5) is 11.6. The van der Waals surface area contributed by atoms with Gasteiger partial charge in [-0.3, -0.25) is 4.79 Å². The lowest BCUT2D eigenvalue weighted by atomic mass is 10.1. The van der Waals surface area contributed by atoms with Gasteiger partial charge in [-0.15, -0.1) is 0 Å². The van der Waals surface area contributed by atoms with Gasteiger partial charge in [-0.2, -0.15) is 11.8 Å². The summed E-state index contributed by atoms with van der Waals surface area (Å²) in [6.07, 6.45) is 1.11. The third-order valence-corrected chi connectivity index (χ3v) is 3.40. The van der Waals surface area contributed by atoms with Crippen LogP contribution >= 0.6 is 11.8 Å². The average molecular weight is 237 g/mol. The second-order valence-corrected chi connectivity index (χ2v) is 5.02. The molecule has 0 unspecified atom stereocenters. The molecule has 0 saturated heterocycles. The van der Waals surface area contributed by atoms with E-state index in [1.165, 1.54) is 5.56 Å². The van der Waals surface area contributed by atoms with Gasteiger partial charge >= 0.3 is 0 Å². The summed E-state index contributed by atoms with van der Waals surface area (Å²) >= 11 is 1.68. The molecule has 16 heavy (non-hydrogen) atoms. The van der Waals surface area contributed by atoms with Crippen molar-refractivity contribution in [3.8, 4) is 0 Å². The zero-order valence-corrected chi connectivity index (χ0v) is 11.0. The number of carbonyl (C=O) groups is 1. The van der Waals surface area contributed by atoms with Gasteiger partial charge in [-0.1, -0.05) is 24.6 Å². The molecule has 0 atom stereocenters. The molecule has 0 aliphatic carbocycles. The highest BCUT2D eigenvalue weighted by Crippen LogP contribution is 2.16. The Kier molecular flexibility index (Phi) is 5.39. The second-order valence-electron chi connectivity index (χ2n) is 3.92. The number of hydrogen-bond acceptors (Lipinski definition) is 2. The topological polar surface area (TPSA) is 29.1 Å². The maximum atomic E-state index is 11.6. The van der Waals surface area contributed by atoms with Crippen LogP contribution < -0.4 is 5.32 Å². The molecular formula is C13H19NOS. The maximum Gasteiger partial charge on any atom is 0.234 e. The van der Waals surface area contributed by atoms with Gasteiger partial charge in [-0.25, -0.2) is 0 Å². The van der Waals surface area contributed by atoms with E-state index in [2.05, 4.69) is 25.2 Å². The van der Waals surface area contributed by atoms with Crippen LogP contribution in [0.5, 0.6) is 0 Å². The highest BCUT2D eigenvalue weighted by molar-refractivity contribution is 7.99. The summed E-state index contributed by atoms with van der Waals surface area (Å²) in [5.41, 5.74) is 3.26. The van der Waals surface area contributed by atoms with Crippen molar-refractivity contribution in [3.63, 3.8) is 0 Å². The van der Waals surface area contributed by atoms with E-state index in [9.17, 15) is 4.79 Å². The first-order valence-corrected chi connectivity index (χ1v) is 6.73. The Morgan fingerprint density at radius 3 is 2.75 bits per heavy atom. The molecule has 1 aromatic rings. The number of carbonyl (C=O) groups excluding carboxylic acids is 1. The molecule has 1 aromatic carbocycles. The highest BCUT2D eigenvalue weighted by atomic mass is 32.2. The molecule has 0 radical (unpaired) electrons.